The zero-order valence-corrected chi connectivity index (χ0v) is 10.6. The molecule has 0 spiro atoms. The molecule has 0 heterocycles. The van der Waals surface area contributed by atoms with Gasteiger partial charge < -0.3 is 4.90 Å². The Morgan fingerprint density at radius 3 is 2.00 bits per heavy atom. The van der Waals surface area contributed by atoms with Crippen molar-refractivity contribution in [3.8, 4) is 0 Å². The average molecular weight is 183 g/mol. The van der Waals surface area contributed by atoms with Gasteiger partial charge in [-0.05, 0) is 16.8 Å². The predicted molar refractivity (Wildman–Crippen MR) is 63.7 cm³/mol. The summed E-state index contributed by atoms with van der Waals surface area (Å²) in [5.41, 5.74) is 0.669. The quantitative estimate of drug-likeness (QED) is 0.460. The molecule has 0 aliphatic heterocycles. The van der Waals surface area contributed by atoms with E-state index in [0.29, 0.717) is 10.6 Å². The molecule has 0 saturated carbocycles. The van der Waals surface area contributed by atoms with Gasteiger partial charge in [0.15, 0.2) is 0 Å². The molecule has 1 atom stereocenters. The topological polar surface area (TPSA) is 12.4 Å². The lowest BCUT2D eigenvalue weighted by Crippen LogP contribution is -2.41. The minimum atomic E-state index is -1.18. The van der Waals surface area contributed by atoms with Crippen molar-refractivity contribution in [1.29, 1.82) is 0 Å². The third-order valence-corrected chi connectivity index (χ3v) is 9.74. The first-order valence-electron chi connectivity index (χ1n) is 4.65. The first-order valence-corrected chi connectivity index (χ1v) is 7.73. The first kappa shape index (κ1) is 12.0. The van der Waals surface area contributed by atoms with Crippen molar-refractivity contribution in [2.75, 3.05) is 0 Å². The van der Waals surface area contributed by atoms with E-state index in [2.05, 4.69) is 51.9 Å². The SMILES string of the molecule is BN=CC(C)[Si](C)(C)C(C)(C)C. The lowest BCUT2D eigenvalue weighted by Gasteiger charge is -2.40. The van der Waals surface area contributed by atoms with Crippen LogP contribution in [-0.2, 0) is 0 Å². The Bertz CT molecular complexity index is 170. The van der Waals surface area contributed by atoms with Gasteiger partial charge in [0.1, 0.15) is 0 Å². The van der Waals surface area contributed by atoms with Crippen molar-refractivity contribution in [1.82, 2.24) is 0 Å². The van der Waals surface area contributed by atoms with Crippen LogP contribution in [0.5, 0.6) is 0 Å². The van der Waals surface area contributed by atoms with E-state index in [1.807, 2.05) is 7.98 Å². The van der Waals surface area contributed by atoms with Gasteiger partial charge in [-0.1, -0.05) is 40.8 Å². The molecular formula is C9H22BNSi. The summed E-state index contributed by atoms with van der Waals surface area (Å²) >= 11 is 0. The highest BCUT2D eigenvalue weighted by Gasteiger charge is 2.38. The monoisotopic (exact) mass is 183 g/mol. The van der Waals surface area contributed by atoms with Gasteiger partial charge in [-0.15, -0.1) is 0 Å². The van der Waals surface area contributed by atoms with Crippen molar-refractivity contribution in [3.63, 3.8) is 0 Å². The maximum absolute atomic E-state index is 4.13. The molecule has 70 valence electrons. The highest BCUT2D eigenvalue weighted by atomic mass is 28.3. The Labute approximate surface area is 79.1 Å². The van der Waals surface area contributed by atoms with Crippen LogP contribution >= 0.6 is 0 Å². The molecule has 1 unspecified atom stereocenters. The maximum atomic E-state index is 4.13. The van der Waals surface area contributed by atoms with E-state index < -0.39 is 8.07 Å². The summed E-state index contributed by atoms with van der Waals surface area (Å²) < 4.78 is 0. The van der Waals surface area contributed by atoms with Gasteiger partial charge in [-0.25, -0.2) is 0 Å². The highest BCUT2D eigenvalue weighted by molar-refractivity contribution is 6.83. The van der Waals surface area contributed by atoms with E-state index in [0.717, 1.165) is 0 Å². The molecule has 1 nitrogen and oxygen atoms in total. The fourth-order valence-electron chi connectivity index (χ4n) is 1.09. The largest absolute Gasteiger partial charge is 0.363 e. The summed E-state index contributed by atoms with van der Waals surface area (Å²) in [6, 6.07) is 0. The van der Waals surface area contributed by atoms with Crippen LogP contribution in [0.3, 0.4) is 0 Å². The fraction of sp³-hybridized carbons (Fsp3) is 0.889. The van der Waals surface area contributed by atoms with Crippen LogP contribution in [0.2, 0.25) is 23.7 Å². The lowest BCUT2D eigenvalue weighted by molar-refractivity contribution is 0.709. The molecule has 0 rings (SSSR count). The second kappa shape index (κ2) is 3.77. The molecule has 12 heavy (non-hydrogen) atoms. The van der Waals surface area contributed by atoms with Gasteiger partial charge in [-0.3, -0.25) is 0 Å². The van der Waals surface area contributed by atoms with E-state index >= 15 is 0 Å². The minimum Gasteiger partial charge on any atom is -0.363 e. The number of nitrogens with zero attached hydrogens (tertiary/aromatic N) is 1. The van der Waals surface area contributed by atoms with Crippen LogP contribution in [0.1, 0.15) is 27.7 Å². The molecule has 0 aromatic carbocycles. The molecule has 0 bridgehead atoms. The summed E-state index contributed by atoms with van der Waals surface area (Å²) in [6.45, 7) is 14.2. The zero-order chi connectivity index (χ0) is 9.99. The van der Waals surface area contributed by atoms with Gasteiger partial charge in [0.2, 0.25) is 7.98 Å². The van der Waals surface area contributed by atoms with Crippen LogP contribution in [0.4, 0.5) is 0 Å². The molecule has 0 saturated heterocycles. The van der Waals surface area contributed by atoms with E-state index in [-0.39, 0.29) is 0 Å². The summed E-state index contributed by atoms with van der Waals surface area (Å²) in [5.74, 6) is 0. The van der Waals surface area contributed by atoms with E-state index in [1.54, 1.807) is 0 Å². The molecule has 3 heteroatoms. The van der Waals surface area contributed by atoms with Gasteiger partial charge in [0.25, 0.3) is 0 Å². The molecule has 0 radical (unpaired) electrons. The molecule has 0 aliphatic carbocycles. The van der Waals surface area contributed by atoms with Crippen molar-refractivity contribution in [3.05, 3.63) is 0 Å². The van der Waals surface area contributed by atoms with Crippen molar-refractivity contribution < 1.29 is 0 Å². The lowest BCUT2D eigenvalue weighted by atomic mass is 10.2. The van der Waals surface area contributed by atoms with Gasteiger partial charge in [0, 0.05) is 0 Å². The molecule has 0 N–H and O–H groups in total. The standard InChI is InChI=1S/C9H22BNSi/c1-8(7-11-10)12(5,6)9(2,3)4/h7-8H,10H2,1-6H3. The molecular weight excluding hydrogens is 161 g/mol. The molecule has 0 aliphatic rings. The van der Waals surface area contributed by atoms with Crippen LogP contribution in [0, 0.1) is 0 Å². The Morgan fingerprint density at radius 2 is 1.75 bits per heavy atom. The van der Waals surface area contributed by atoms with Gasteiger partial charge in [0.05, 0.1) is 8.07 Å². The summed E-state index contributed by atoms with van der Waals surface area (Å²) in [7, 11) is 0.686. The Morgan fingerprint density at radius 1 is 1.33 bits per heavy atom. The predicted octanol–water partition coefficient (Wildman–Crippen LogP) is 2.50. The Kier molecular flexibility index (Phi) is 3.76. The normalized spacial score (nSPS) is 16.8. The molecule has 0 fully saturated rings. The van der Waals surface area contributed by atoms with Crippen LogP contribution in [0.25, 0.3) is 0 Å². The van der Waals surface area contributed by atoms with E-state index in [1.165, 1.54) is 0 Å². The summed E-state index contributed by atoms with van der Waals surface area (Å²) in [6.07, 6.45) is 2.11. The number of hydrogen-bond donors (Lipinski definition) is 0. The molecule has 0 aromatic rings. The second-order valence-corrected chi connectivity index (χ2v) is 11.0. The minimum absolute atomic E-state index is 0.466. The average Bonchev–Trinajstić information content (AvgIpc) is 1.85. The van der Waals surface area contributed by atoms with Crippen LogP contribution in [-0.4, -0.2) is 22.3 Å². The maximum Gasteiger partial charge on any atom is 0.243 e. The van der Waals surface area contributed by atoms with Gasteiger partial charge in [-0.2, -0.15) is 0 Å². The Balaban J connectivity index is 4.61. The van der Waals surface area contributed by atoms with Crippen LogP contribution in [0.15, 0.2) is 4.90 Å². The number of rotatable bonds is 2. The molecule has 0 aromatic heterocycles. The molecule has 0 amide bonds. The first-order chi connectivity index (χ1) is 5.23. The van der Waals surface area contributed by atoms with Crippen molar-refractivity contribution >= 4 is 22.3 Å². The second-order valence-electron chi connectivity index (χ2n) is 5.17. The van der Waals surface area contributed by atoms with E-state index in [9.17, 15) is 0 Å². The van der Waals surface area contributed by atoms with Gasteiger partial charge >= 0.3 is 0 Å². The highest BCUT2D eigenvalue weighted by Crippen LogP contribution is 2.42. The fourth-order valence-corrected chi connectivity index (χ4v) is 2.98. The van der Waals surface area contributed by atoms with Crippen LogP contribution < -0.4 is 0 Å². The van der Waals surface area contributed by atoms with Crippen molar-refractivity contribution in [2.24, 2.45) is 4.90 Å². The zero-order valence-electron chi connectivity index (χ0n) is 9.60. The summed E-state index contributed by atoms with van der Waals surface area (Å²) in [5, 5.41) is 0.466. The number of hydrogen-bond acceptors (Lipinski definition) is 1. The third-order valence-electron chi connectivity index (χ3n) is 3.44. The Hall–Kier alpha value is -0.0482. The third kappa shape index (κ3) is 2.47. The smallest absolute Gasteiger partial charge is 0.243 e. The summed E-state index contributed by atoms with van der Waals surface area (Å²) in [4.78, 5) is 4.13. The van der Waals surface area contributed by atoms with Crippen molar-refractivity contribution in [2.45, 2.75) is 51.4 Å². The van der Waals surface area contributed by atoms with E-state index in [4.69, 9.17) is 0 Å².